The summed E-state index contributed by atoms with van der Waals surface area (Å²) in [5.41, 5.74) is 2.92. The second-order valence-electron chi connectivity index (χ2n) is 8.67. The first-order valence-electron chi connectivity index (χ1n) is 10.9. The van der Waals surface area contributed by atoms with E-state index in [4.69, 9.17) is 0 Å². The number of benzene rings is 2. The molecule has 32 heavy (non-hydrogen) atoms. The van der Waals surface area contributed by atoms with Crippen LogP contribution in [0.25, 0.3) is 0 Å². The summed E-state index contributed by atoms with van der Waals surface area (Å²) in [6.45, 7) is 9.64. The van der Waals surface area contributed by atoms with Crippen molar-refractivity contribution < 1.29 is 13.2 Å². The molecule has 3 N–H and O–H groups in total. The molecule has 0 aliphatic carbocycles. The average molecular weight is 480 g/mol. The average Bonchev–Trinajstić information content (AvgIpc) is 2.74. The lowest BCUT2D eigenvalue weighted by molar-refractivity contribution is 0.102. The van der Waals surface area contributed by atoms with Gasteiger partial charge in [-0.15, -0.1) is 12.4 Å². The highest BCUT2D eigenvalue weighted by atomic mass is 35.5. The van der Waals surface area contributed by atoms with E-state index in [9.17, 15) is 13.2 Å². The molecule has 1 heterocycles. The van der Waals surface area contributed by atoms with Crippen molar-refractivity contribution >= 4 is 34.0 Å². The molecule has 0 aromatic heterocycles. The van der Waals surface area contributed by atoms with Gasteiger partial charge in [-0.05, 0) is 87.0 Å². The van der Waals surface area contributed by atoms with E-state index >= 15 is 0 Å². The van der Waals surface area contributed by atoms with E-state index in [-0.39, 0.29) is 35.2 Å². The Bertz CT molecular complexity index is 1030. The summed E-state index contributed by atoms with van der Waals surface area (Å²) in [4.78, 5) is 13.0. The fourth-order valence-electron chi connectivity index (χ4n) is 4.07. The Labute approximate surface area is 198 Å². The number of sulfonamides is 1. The number of hydrogen-bond donors (Lipinski definition) is 3. The van der Waals surface area contributed by atoms with E-state index in [2.05, 4.69) is 15.4 Å². The standard InChI is InChI=1S/C24H33N3O3S.ClH/c1-16(2)22-15-20(31(29,30)27-18(4)19-11-13-25-14-12-19)9-10-23(22)26-24(28)21-8-6-5-7-17(21)3;/h5-10,15-16,18-19,25,27H,11-14H2,1-4H3,(H,26,28);1H/t18-;/m1./s1. The molecule has 6 nitrogen and oxygen atoms in total. The van der Waals surface area contributed by atoms with Crippen LogP contribution >= 0.6 is 12.4 Å². The van der Waals surface area contributed by atoms with Crippen LogP contribution in [0.15, 0.2) is 47.4 Å². The number of amides is 1. The number of aryl methyl sites for hydroxylation is 1. The van der Waals surface area contributed by atoms with Gasteiger partial charge in [0.25, 0.3) is 5.91 Å². The molecule has 2 aromatic rings. The molecule has 3 rings (SSSR count). The number of carbonyl (C=O) groups excluding carboxylic acids is 1. The van der Waals surface area contributed by atoms with Crippen LogP contribution in [0.2, 0.25) is 0 Å². The minimum Gasteiger partial charge on any atom is -0.322 e. The Morgan fingerprint density at radius 2 is 1.72 bits per heavy atom. The van der Waals surface area contributed by atoms with Crippen molar-refractivity contribution in [3.05, 3.63) is 59.2 Å². The Morgan fingerprint density at radius 1 is 1.06 bits per heavy atom. The highest BCUT2D eigenvalue weighted by Crippen LogP contribution is 2.28. The zero-order valence-electron chi connectivity index (χ0n) is 19.1. The minimum absolute atomic E-state index is 0. The van der Waals surface area contributed by atoms with E-state index in [1.54, 1.807) is 24.3 Å². The summed E-state index contributed by atoms with van der Waals surface area (Å²) in [6.07, 6.45) is 1.93. The van der Waals surface area contributed by atoms with Gasteiger partial charge < -0.3 is 10.6 Å². The topological polar surface area (TPSA) is 87.3 Å². The molecule has 1 fully saturated rings. The number of piperidine rings is 1. The summed E-state index contributed by atoms with van der Waals surface area (Å²) >= 11 is 0. The number of carbonyl (C=O) groups is 1. The fourth-order valence-corrected chi connectivity index (χ4v) is 5.42. The lowest BCUT2D eigenvalue weighted by atomic mass is 9.92. The molecule has 1 aliphatic heterocycles. The molecule has 8 heteroatoms. The van der Waals surface area contributed by atoms with Crippen LogP contribution in [0.3, 0.4) is 0 Å². The smallest absolute Gasteiger partial charge is 0.255 e. The molecule has 0 spiro atoms. The lowest BCUT2D eigenvalue weighted by Gasteiger charge is -2.28. The molecule has 1 amide bonds. The quantitative estimate of drug-likeness (QED) is 0.547. The normalized spacial score (nSPS) is 15.8. The number of hydrogen-bond acceptors (Lipinski definition) is 4. The van der Waals surface area contributed by atoms with Crippen LogP contribution in [0.1, 0.15) is 61.0 Å². The third-order valence-corrected chi connectivity index (χ3v) is 7.58. The first-order chi connectivity index (χ1) is 14.7. The number of halogens is 1. The zero-order valence-corrected chi connectivity index (χ0v) is 20.8. The van der Waals surface area contributed by atoms with E-state index < -0.39 is 10.0 Å². The predicted molar refractivity (Wildman–Crippen MR) is 132 cm³/mol. The molecular formula is C24H34ClN3O3S. The van der Waals surface area contributed by atoms with Crippen molar-refractivity contribution in [2.75, 3.05) is 18.4 Å². The van der Waals surface area contributed by atoms with Gasteiger partial charge in [0.05, 0.1) is 4.90 Å². The summed E-state index contributed by atoms with van der Waals surface area (Å²) in [5, 5.41) is 6.27. The van der Waals surface area contributed by atoms with Crippen LogP contribution in [-0.4, -0.2) is 33.5 Å². The second kappa shape index (κ2) is 11.3. The Balaban J connectivity index is 0.00000363. The van der Waals surface area contributed by atoms with Gasteiger partial charge in [-0.25, -0.2) is 13.1 Å². The highest BCUT2D eigenvalue weighted by Gasteiger charge is 2.26. The van der Waals surface area contributed by atoms with Crippen molar-refractivity contribution in [3.8, 4) is 0 Å². The van der Waals surface area contributed by atoms with E-state index in [1.165, 1.54) is 0 Å². The largest absolute Gasteiger partial charge is 0.322 e. The fraction of sp³-hybridized carbons (Fsp3) is 0.458. The van der Waals surface area contributed by atoms with Gasteiger partial charge in [-0.3, -0.25) is 4.79 Å². The van der Waals surface area contributed by atoms with Crippen LogP contribution < -0.4 is 15.4 Å². The van der Waals surface area contributed by atoms with E-state index in [1.807, 2.05) is 45.9 Å². The second-order valence-corrected chi connectivity index (χ2v) is 10.4. The van der Waals surface area contributed by atoms with Crippen LogP contribution in [0.5, 0.6) is 0 Å². The molecule has 0 saturated carbocycles. The minimum atomic E-state index is -3.65. The van der Waals surface area contributed by atoms with Crippen molar-refractivity contribution in [2.24, 2.45) is 5.92 Å². The third kappa shape index (κ3) is 6.32. The van der Waals surface area contributed by atoms with E-state index in [0.29, 0.717) is 17.2 Å². The van der Waals surface area contributed by atoms with Gasteiger partial charge in [0.2, 0.25) is 10.0 Å². The molecule has 0 unspecified atom stereocenters. The Morgan fingerprint density at radius 3 is 2.34 bits per heavy atom. The van der Waals surface area contributed by atoms with Crippen LogP contribution in [-0.2, 0) is 10.0 Å². The van der Waals surface area contributed by atoms with Crippen LogP contribution in [0.4, 0.5) is 5.69 Å². The van der Waals surface area contributed by atoms with Gasteiger partial charge >= 0.3 is 0 Å². The van der Waals surface area contributed by atoms with Crippen molar-refractivity contribution in [3.63, 3.8) is 0 Å². The number of rotatable bonds is 7. The number of nitrogens with one attached hydrogen (secondary N) is 3. The highest BCUT2D eigenvalue weighted by molar-refractivity contribution is 7.89. The third-order valence-electron chi connectivity index (χ3n) is 6.03. The maximum Gasteiger partial charge on any atom is 0.255 e. The van der Waals surface area contributed by atoms with Gasteiger partial charge in [-0.2, -0.15) is 0 Å². The van der Waals surface area contributed by atoms with Crippen molar-refractivity contribution in [1.29, 1.82) is 0 Å². The number of anilines is 1. The summed E-state index contributed by atoms with van der Waals surface area (Å²) in [6, 6.07) is 12.2. The molecular weight excluding hydrogens is 446 g/mol. The van der Waals surface area contributed by atoms with Gasteiger partial charge in [0.1, 0.15) is 0 Å². The van der Waals surface area contributed by atoms with E-state index in [0.717, 1.165) is 37.1 Å². The van der Waals surface area contributed by atoms with Crippen molar-refractivity contribution in [2.45, 2.75) is 57.4 Å². The summed E-state index contributed by atoms with van der Waals surface area (Å²) in [5.74, 6) is 0.172. The monoisotopic (exact) mass is 479 g/mol. The first kappa shape index (κ1) is 26.3. The van der Waals surface area contributed by atoms with Gasteiger partial charge in [-0.1, -0.05) is 32.0 Å². The summed E-state index contributed by atoms with van der Waals surface area (Å²) < 4.78 is 29.0. The molecule has 0 bridgehead atoms. The Hall–Kier alpha value is -1.93. The maximum atomic E-state index is 13.0. The molecule has 1 aliphatic rings. The molecule has 2 aromatic carbocycles. The SMILES string of the molecule is Cc1ccccc1C(=O)Nc1ccc(S(=O)(=O)N[C@H](C)C2CCNCC2)cc1C(C)C.Cl. The summed E-state index contributed by atoms with van der Waals surface area (Å²) in [7, 11) is -3.65. The lowest BCUT2D eigenvalue weighted by Crippen LogP contribution is -2.42. The van der Waals surface area contributed by atoms with Crippen LogP contribution in [0, 0.1) is 12.8 Å². The Kier molecular flexibility index (Phi) is 9.28. The maximum absolute atomic E-state index is 13.0. The molecule has 176 valence electrons. The van der Waals surface area contributed by atoms with Gasteiger partial charge in [0.15, 0.2) is 0 Å². The molecule has 0 radical (unpaired) electrons. The molecule has 1 atom stereocenters. The molecule has 1 saturated heterocycles. The first-order valence-corrected chi connectivity index (χ1v) is 12.4. The zero-order chi connectivity index (χ0) is 22.6. The predicted octanol–water partition coefficient (Wildman–Crippen LogP) is 4.46. The van der Waals surface area contributed by atoms with Gasteiger partial charge in [0, 0.05) is 17.3 Å². The van der Waals surface area contributed by atoms with Crippen molar-refractivity contribution in [1.82, 2.24) is 10.0 Å².